The first-order chi connectivity index (χ1) is 22.4. The maximum absolute atomic E-state index is 14.1. The molecule has 0 aromatic heterocycles. The van der Waals surface area contributed by atoms with Gasteiger partial charge in [-0.05, 0) is 47.1 Å². The Morgan fingerprint density at radius 1 is 0.894 bits per heavy atom. The van der Waals surface area contributed by atoms with Gasteiger partial charge in [0.15, 0.2) is 0 Å². The van der Waals surface area contributed by atoms with Crippen molar-refractivity contribution in [2.75, 3.05) is 13.1 Å². The zero-order valence-electron chi connectivity index (χ0n) is 27.3. The standard InChI is InChI=1S/C35H46N4O7S/c1-5-26(4)33(39(35(42)43)23-29-14-10-7-11-15-29)34(41)37-31(20-27-12-8-6-9-13-27)32(40)24-38(22-25(2)3)47(45,46)30-18-16-28(17-19-30)21-36-44/h6-19,21,25-26,31-33,40,44H,5,20,22-24H2,1-4H3,(H,37,41)(H,42,43)/b36-21+/t26-,31-,32+,33-/m0/s1. The molecule has 3 rings (SSSR count). The van der Waals surface area contributed by atoms with Gasteiger partial charge in [0.1, 0.15) is 6.04 Å². The highest BCUT2D eigenvalue weighted by atomic mass is 32.2. The van der Waals surface area contributed by atoms with Gasteiger partial charge in [-0.1, -0.05) is 112 Å². The summed E-state index contributed by atoms with van der Waals surface area (Å²) in [7, 11) is -4.08. The second-order valence-corrected chi connectivity index (χ2v) is 14.1. The van der Waals surface area contributed by atoms with Gasteiger partial charge in [0.2, 0.25) is 15.9 Å². The molecule has 12 heteroatoms. The minimum absolute atomic E-state index is 0.000990. The molecule has 0 aliphatic heterocycles. The molecule has 0 aliphatic carbocycles. The monoisotopic (exact) mass is 666 g/mol. The van der Waals surface area contributed by atoms with Crippen LogP contribution in [0.3, 0.4) is 0 Å². The van der Waals surface area contributed by atoms with Crippen molar-refractivity contribution in [3.63, 3.8) is 0 Å². The van der Waals surface area contributed by atoms with Gasteiger partial charge in [0.05, 0.1) is 23.3 Å². The molecule has 0 radical (unpaired) electrons. The lowest BCUT2D eigenvalue weighted by Gasteiger charge is -2.35. The first-order valence-electron chi connectivity index (χ1n) is 15.7. The number of oxime groups is 1. The average molecular weight is 667 g/mol. The molecule has 3 aromatic rings. The van der Waals surface area contributed by atoms with Crippen LogP contribution >= 0.6 is 0 Å². The van der Waals surface area contributed by atoms with Gasteiger partial charge in [-0.15, -0.1) is 0 Å². The van der Waals surface area contributed by atoms with Gasteiger partial charge >= 0.3 is 6.09 Å². The highest BCUT2D eigenvalue weighted by Gasteiger charge is 2.37. The second-order valence-electron chi connectivity index (χ2n) is 12.1. The number of nitrogens with one attached hydrogen (secondary N) is 1. The van der Waals surface area contributed by atoms with E-state index in [1.54, 1.807) is 24.3 Å². The van der Waals surface area contributed by atoms with Crippen LogP contribution in [-0.4, -0.2) is 82.5 Å². The Morgan fingerprint density at radius 3 is 1.98 bits per heavy atom. The summed E-state index contributed by atoms with van der Waals surface area (Å²) in [6.07, 6.45) is -0.719. The molecule has 254 valence electrons. The first-order valence-corrected chi connectivity index (χ1v) is 17.1. The number of carboxylic acid groups (broad SMARTS) is 1. The smallest absolute Gasteiger partial charge is 0.408 e. The molecule has 0 saturated heterocycles. The highest BCUT2D eigenvalue weighted by Crippen LogP contribution is 2.22. The van der Waals surface area contributed by atoms with Crippen LogP contribution in [0.2, 0.25) is 0 Å². The number of aliphatic hydroxyl groups is 1. The largest absolute Gasteiger partial charge is 0.465 e. The Labute approximate surface area is 277 Å². The number of hydrogen-bond donors (Lipinski definition) is 4. The van der Waals surface area contributed by atoms with Gasteiger partial charge in [-0.2, -0.15) is 4.31 Å². The molecule has 0 spiro atoms. The molecule has 0 unspecified atom stereocenters. The fraction of sp³-hybridized carbons (Fsp3) is 0.400. The van der Waals surface area contributed by atoms with Crippen molar-refractivity contribution in [2.45, 2.75) is 70.2 Å². The van der Waals surface area contributed by atoms with Crippen LogP contribution in [0.15, 0.2) is 95.0 Å². The zero-order valence-corrected chi connectivity index (χ0v) is 28.1. The molecule has 11 nitrogen and oxygen atoms in total. The van der Waals surface area contributed by atoms with Gasteiger partial charge in [-0.3, -0.25) is 9.69 Å². The normalized spacial score (nSPS) is 14.5. The third kappa shape index (κ3) is 10.6. The predicted octanol–water partition coefficient (Wildman–Crippen LogP) is 4.82. The summed E-state index contributed by atoms with van der Waals surface area (Å²) < 4.78 is 28.8. The summed E-state index contributed by atoms with van der Waals surface area (Å²) in [5.41, 5.74) is 2.03. The van der Waals surface area contributed by atoms with Crippen molar-refractivity contribution in [3.05, 3.63) is 102 Å². The number of carbonyl (C=O) groups is 2. The molecule has 2 amide bonds. The zero-order chi connectivity index (χ0) is 34.6. The van der Waals surface area contributed by atoms with E-state index in [-0.39, 0.29) is 42.8 Å². The molecule has 0 saturated carbocycles. The topological polar surface area (TPSA) is 160 Å². The van der Waals surface area contributed by atoms with Crippen molar-refractivity contribution in [1.29, 1.82) is 0 Å². The molecular formula is C35H46N4O7S. The summed E-state index contributed by atoms with van der Waals surface area (Å²) >= 11 is 0. The van der Waals surface area contributed by atoms with E-state index in [1.165, 1.54) is 34.8 Å². The lowest BCUT2D eigenvalue weighted by atomic mass is 9.94. The summed E-state index contributed by atoms with van der Waals surface area (Å²) in [6, 6.07) is 22.0. The van der Waals surface area contributed by atoms with E-state index in [2.05, 4.69) is 10.5 Å². The van der Waals surface area contributed by atoms with Crippen LogP contribution in [0.4, 0.5) is 4.79 Å². The first kappa shape index (κ1) is 37.2. The Balaban J connectivity index is 1.96. The maximum atomic E-state index is 14.1. The van der Waals surface area contributed by atoms with E-state index in [0.717, 1.165) is 16.0 Å². The van der Waals surface area contributed by atoms with Crippen molar-refractivity contribution < 1.29 is 33.4 Å². The molecule has 4 N–H and O–H groups in total. The van der Waals surface area contributed by atoms with Crippen LogP contribution in [0.5, 0.6) is 0 Å². The average Bonchev–Trinajstić information content (AvgIpc) is 3.04. The fourth-order valence-corrected chi connectivity index (χ4v) is 6.99. The minimum Gasteiger partial charge on any atom is -0.465 e. The number of aliphatic hydroxyl groups excluding tert-OH is 1. The lowest BCUT2D eigenvalue weighted by molar-refractivity contribution is -0.129. The second kappa shape index (κ2) is 17.6. The Hall–Kier alpha value is -4.26. The molecule has 4 atom stereocenters. The maximum Gasteiger partial charge on any atom is 0.408 e. The minimum atomic E-state index is -4.08. The molecule has 0 aliphatic rings. The number of rotatable bonds is 17. The van der Waals surface area contributed by atoms with Crippen molar-refractivity contribution in [1.82, 2.24) is 14.5 Å². The van der Waals surface area contributed by atoms with Gasteiger partial charge < -0.3 is 20.7 Å². The van der Waals surface area contributed by atoms with Gasteiger partial charge in [-0.25, -0.2) is 13.2 Å². The Kier molecular flexibility index (Phi) is 13.9. The number of nitrogens with zero attached hydrogens (tertiary/aromatic N) is 3. The van der Waals surface area contributed by atoms with Crippen molar-refractivity contribution in [2.24, 2.45) is 17.0 Å². The Bertz CT molecular complexity index is 1550. The third-order valence-electron chi connectivity index (χ3n) is 8.00. The highest BCUT2D eigenvalue weighted by molar-refractivity contribution is 7.89. The van der Waals surface area contributed by atoms with Crippen LogP contribution in [0.25, 0.3) is 0 Å². The number of carbonyl (C=O) groups excluding carboxylic acids is 1. The number of sulfonamides is 1. The summed E-state index contributed by atoms with van der Waals surface area (Å²) in [5, 5.41) is 36.6. The number of hydrogen-bond acceptors (Lipinski definition) is 7. The SMILES string of the molecule is CC[C@H](C)[C@@H](C(=O)N[C@@H](Cc1ccccc1)[C@H](O)CN(CC(C)C)S(=O)(=O)c1ccc(/C=N/O)cc1)N(Cc1ccccc1)C(=O)O. The van der Waals surface area contributed by atoms with Crippen LogP contribution in [0.1, 0.15) is 50.8 Å². The fourth-order valence-electron chi connectivity index (χ4n) is 5.37. The van der Waals surface area contributed by atoms with Crippen molar-refractivity contribution in [3.8, 4) is 0 Å². The number of benzene rings is 3. The van der Waals surface area contributed by atoms with E-state index in [1.807, 2.05) is 64.1 Å². The van der Waals surface area contributed by atoms with Crippen LogP contribution in [-0.2, 0) is 27.8 Å². The van der Waals surface area contributed by atoms with E-state index < -0.39 is 40.2 Å². The summed E-state index contributed by atoms with van der Waals surface area (Å²) in [5.74, 6) is -1.02. The lowest BCUT2D eigenvalue weighted by Crippen LogP contribution is -2.57. The van der Waals surface area contributed by atoms with Gasteiger partial charge in [0.25, 0.3) is 0 Å². The molecule has 47 heavy (non-hydrogen) atoms. The molecule has 0 fully saturated rings. The molecule has 0 bridgehead atoms. The van der Waals surface area contributed by atoms with Crippen molar-refractivity contribution >= 4 is 28.2 Å². The van der Waals surface area contributed by atoms with E-state index >= 15 is 0 Å². The molecule has 3 aromatic carbocycles. The van der Waals surface area contributed by atoms with E-state index in [4.69, 9.17) is 5.21 Å². The molecular weight excluding hydrogens is 620 g/mol. The predicted molar refractivity (Wildman–Crippen MR) is 181 cm³/mol. The van der Waals surface area contributed by atoms with E-state index in [0.29, 0.717) is 12.0 Å². The number of amides is 2. The van der Waals surface area contributed by atoms with E-state index in [9.17, 15) is 28.2 Å². The van der Waals surface area contributed by atoms with Crippen LogP contribution < -0.4 is 5.32 Å². The van der Waals surface area contributed by atoms with Crippen LogP contribution in [0, 0.1) is 11.8 Å². The Morgan fingerprint density at radius 2 is 1.47 bits per heavy atom. The van der Waals surface area contributed by atoms with Gasteiger partial charge in [0, 0.05) is 19.6 Å². The molecule has 0 heterocycles. The third-order valence-corrected chi connectivity index (χ3v) is 9.85. The summed E-state index contributed by atoms with van der Waals surface area (Å²) in [6.45, 7) is 7.19. The summed E-state index contributed by atoms with van der Waals surface area (Å²) in [4.78, 5) is 27.7. The quantitative estimate of drug-likeness (QED) is 0.0913.